The van der Waals surface area contributed by atoms with Gasteiger partial charge in [0.05, 0.1) is 0 Å². The molecule has 4 aromatic carbocycles. The second-order valence-corrected chi connectivity index (χ2v) is 6.86. The van der Waals surface area contributed by atoms with Crippen molar-refractivity contribution in [3.63, 3.8) is 0 Å². The summed E-state index contributed by atoms with van der Waals surface area (Å²) >= 11 is 1.90. The van der Waals surface area contributed by atoms with Crippen LogP contribution in [0.2, 0.25) is 0 Å². The van der Waals surface area contributed by atoms with Crippen molar-refractivity contribution in [2.75, 3.05) is 0 Å². The van der Waals surface area contributed by atoms with Gasteiger partial charge in [0.25, 0.3) is 0 Å². The standard InChI is InChI=1S/C22H14S.C2H6/c1-2-7-15(8-3-1)18-11-6-12-19-21-17-10-5-4-9-16(17)13-14-20(21)23-22(18)19;1-2/h1-14H;1-2H3. The number of fused-ring (bicyclic) bond motifs is 5. The van der Waals surface area contributed by atoms with Crippen molar-refractivity contribution in [3.8, 4) is 11.1 Å². The van der Waals surface area contributed by atoms with E-state index in [4.69, 9.17) is 0 Å². The predicted octanol–water partition coefficient (Wildman–Crippen LogP) is 7.90. The van der Waals surface area contributed by atoms with Gasteiger partial charge in [0.1, 0.15) is 0 Å². The Labute approximate surface area is 152 Å². The van der Waals surface area contributed by atoms with Crippen LogP contribution in [0.5, 0.6) is 0 Å². The van der Waals surface area contributed by atoms with Crippen LogP contribution in [0, 0.1) is 0 Å². The highest BCUT2D eigenvalue weighted by Crippen LogP contribution is 2.42. The van der Waals surface area contributed by atoms with E-state index in [1.165, 1.54) is 42.1 Å². The Morgan fingerprint density at radius 2 is 1.32 bits per heavy atom. The van der Waals surface area contributed by atoms with E-state index in [-0.39, 0.29) is 0 Å². The van der Waals surface area contributed by atoms with Crippen molar-refractivity contribution in [1.29, 1.82) is 0 Å². The minimum Gasteiger partial charge on any atom is -0.135 e. The first-order chi connectivity index (χ1) is 12.4. The van der Waals surface area contributed by atoms with Crippen LogP contribution < -0.4 is 0 Å². The lowest BCUT2D eigenvalue weighted by molar-refractivity contribution is 1.50. The molecule has 0 nitrogen and oxygen atoms in total. The molecular weight excluding hydrogens is 320 g/mol. The van der Waals surface area contributed by atoms with Crippen LogP contribution in [-0.4, -0.2) is 0 Å². The van der Waals surface area contributed by atoms with E-state index < -0.39 is 0 Å². The lowest BCUT2D eigenvalue weighted by Crippen LogP contribution is -1.77. The van der Waals surface area contributed by atoms with Crippen LogP contribution in [0.15, 0.2) is 84.9 Å². The Morgan fingerprint density at radius 3 is 2.16 bits per heavy atom. The number of thiophene rings is 1. The largest absolute Gasteiger partial charge is 0.135 e. The Hall–Kier alpha value is -2.64. The Morgan fingerprint density at radius 1 is 0.600 bits per heavy atom. The molecule has 5 rings (SSSR count). The molecule has 0 spiro atoms. The molecule has 0 radical (unpaired) electrons. The zero-order chi connectivity index (χ0) is 17.2. The zero-order valence-corrected chi connectivity index (χ0v) is 15.3. The van der Waals surface area contributed by atoms with Gasteiger partial charge in [-0.2, -0.15) is 0 Å². The summed E-state index contributed by atoms with van der Waals surface area (Å²) < 4.78 is 2.74. The molecule has 1 aromatic heterocycles. The molecule has 0 saturated heterocycles. The molecule has 0 fully saturated rings. The smallest absolute Gasteiger partial charge is 0.0434 e. The summed E-state index contributed by atoms with van der Waals surface area (Å²) in [5.74, 6) is 0. The van der Waals surface area contributed by atoms with Gasteiger partial charge in [-0.15, -0.1) is 11.3 Å². The Bertz CT molecular complexity index is 1150. The van der Waals surface area contributed by atoms with Crippen molar-refractivity contribution < 1.29 is 0 Å². The molecule has 1 heterocycles. The van der Waals surface area contributed by atoms with E-state index >= 15 is 0 Å². The zero-order valence-electron chi connectivity index (χ0n) is 14.5. The van der Waals surface area contributed by atoms with Gasteiger partial charge in [0, 0.05) is 20.2 Å². The Balaban J connectivity index is 0.000000758. The van der Waals surface area contributed by atoms with E-state index in [0.29, 0.717) is 0 Å². The maximum atomic E-state index is 2.26. The number of hydrogen-bond acceptors (Lipinski definition) is 1. The summed E-state index contributed by atoms with van der Waals surface area (Å²) in [6, 6.07) is 30.5. The number of rotatable bonds is 1. The average molecular weight is 340 g/mol. The van der Waals surface area contributed by atoms with E-state index in [0.717, 1.165) is 0 Å². The van der Waals surface area contributed by atoms with Gasteiger partial charge < -0.3 is 0 Å². The molecule has 0 aliphatic rings. The monoisotopic (exact) mass is 340 g/mol. The average Bonchev–Trinajstić information content (AvgIpc) is 3.09. The van der Waals surface area contributed by atoms with Gasteiger partial charge >= 0.3 is 0 Å². The lowest BCUT2D eigenvalue weighted by atomic mass is 10.0. The highest BCUT2D eigenvalue weighted by Gasteiger charge is 2.12. The maximum absolute atomic E-state index is 2.26. The quantitative estimate of drug-likeness (QED) is 0.291. The highest BCUT2D eigenvalue weighted by atomic mass is 32.1. The first kappa shape index (κ1) is 15.9. The first-order valence-corrected chi connectivity index (χ1v) is 9.62. The van der Waals surface area contributed by atoms with Gasteiger partial charge in [-0.05, 0) is 28.0 Å². The third kappa shape index (κ3) is 2.61. The molecule has 5 aromatic rings. The van der Waals surface area contributed by atoms with Crippen LogP contribution in [0.4, 0.5) is 0 Å². The second-order valence-electron chi connectivity index (χ2n) is 5.81. The molecular formula is C24H20S. The van der Waals surface area contributed by atoms with Gasteiger partial charge in [-0.25, -0.2) is 0 Å². The minimum atomic E-state index is 1.29. The fraction of sp³-hybridized carbons (Fsp3) is 0.0833. The van der Waals surface area contributed by atoms with E-state index in [1.807, 2.05) is 25.2 Å². The molecule has 0 N–H and O–H groups in total. The molecule has 0 aliphatic heterocycles. The van der Waals surface area contributed by atoms with Crippen LogP contribution in [-0.2, 0) is 0 Å². The van der Waals surface area contributed by atoms with Crippen molar-refractivity contribution >= 4 is 42.3 Å². The SMILES string of the molecule is CC.c1ccc(-c2cccc3c2sc2ccc4ccccc4c23)cc1. The van der Waals surface area contributed by atoms with E-state index in [1.54, 1.807) is 0 Å². The Kier molecular flexibility index (Phi) is 4.25. The van der Waals surface area contributed by atoms with Crippen molar-refractivity contribution in [2.45, 2.75) is 13.8 Å². The van der Waals surface area contributed by atoms with Crippen LogP contribution in [0.25, 0.3) is 42.1 Å². The van der Waals surface area contributed by atoms with Gasteiger partial charge in [-0.1, -0.05) is 92.7 Å². The highest BCUT2D eigenvalue weighted by molar-refractivity contribution is 7.26. The third-order valence-corrected chi connectivity index (χ3v) is 5.68. The number of hydrogen-bond donors (Lipinski definition) is 0. The summed E-state index contributed by atoms with van der Waals surface area (Å²) in [7, 11) is 0. The lowest BCUT2D eigenvalue weighted by Gasteiger charge is -2.03. The minimum absolute atomic E-state index is 1.29. The molecule has 0 amide bonds. The van der Waals surface area contributed by atoms with E-state index in [9.17, 15) is 0 Å². The summed E-state index contributed by atoms with van der Waals surface area (Å²) in [5.41, 5.74) is 2.61. The van der Waals surface area contributed by atoms with Gasteiger partial charge in [0.2, 0.25) is 0 Å². The summed E-state index contributed by atoms with van der Waals surface area (Å²) in [6.07, 6.45) is 0. The fourth-order valence-corrected chi connectivity index (χ4v) is 4.67. The molecule has 0 atom stereocenters. The molecule has 0 aliphatic carbocycles. The molecule has 25 heavy (non-hydrogen) atoms. The van der Waals surface area contributed by atoms with Crippen molar-refractivity contribution in [2.24, 2.45) is 0 Å². The number of benzene rings is 4. The summed E-state index contributed by atoms with van der Waals surface area (Å²) in [4.78, 5) is 0. The summed E-state index contributed by atoms with van der Waals surface area (Å²) in [5, 5.41) is 5.41. The molecule has 0 unspecified atom stereocenters. The van der Waals surface area contributed by atoms with Crippen molar-refractivity contribution in [3.05, 3.63) is 84.9 Å². The molecule has 0 saturated carbocycles. The first-order valence-electron chi connectivity index (χ1n) is 8.80. The normalized spacial score (nSPS) is 10.8. The molecule has 0 bridgehead atoms. The predicted molar refractivity (Wildman–Crippen MR) is 114 cm³/mol. The second kappa shape index (κ2) is 6.70. The van der Waals surface area contributed by atoms with Gasteiger partial charge in [0.15, 0.2) is 0 Å². The topological polar surface area (TPSA) is 0 Å². The van der Waals surface area contributed by atoms with Crippen LogP contribution >= 0.6 is 11.3 Å². The van der Waals surface area contributed by atoms with Gasteiger partial charge in [-0.3, -0.25) is 0 Å². The summed E-state index contributed by atoms with van der Waals surface area (Å²) in [6.45, 7) is 4.00. The molecule has 122 valence electrons. The van der Waals surface area contributed by atoms with Crippen molar-refractivity contribution in [1.82, 2.24) is 0 Å². The van der Waals surface area contributed by atoms with Crippen LogP contribution in [0.3, 0.4) is 0 Å². The van der Waals surface area contributed by atoms with Crippen LogP contribution in [0.1, 0.15) is 13.8 Å². The van der Waals surface area contributed by atoms with E-state index in [2.05, 4.69) is 84.9 Å². The molecule has 1 heteroatoms. The fourth-order valence-electron chi connectivity index (χ4n) is 3.41. The maximum Gasteiger partial charge on any atom is 0.0434 e. The third-order valence-electron chi connectivity index (χ3n) is 4.47.